The summed E-state index contributed by atoms with van der Waals surface area (Å²) in [5.74, 6) is 0. The molecule has 0 spiro atoms. The van der Waals surface area contributed by atoms with Gasteiger partial charge in [0.15, 0.2) is 0 Å². The van der Waals surface area contributed by atoms with Crippen molar-refractivity contribution in [3.8, 4) is 0 Å². The smallest absolute Gasteiger partial charge is 0.293 e. The Kier molecular flexibility index (Phi) is 14.0. The van der Waals surface area contributed by atoms with Gasteiger partial charge in [0.2, 0.25) is 0 Å². The molecule has 0 saturated carbocycles. The van der Waals surface area contributed by atoms with Crippen LogP contribution in [0.5, 0.6) is 0 Å². The number of nitroso groups, excluding NO2 is 1. The van der Waals surface area contributed by atoms with Crippen molar-refractivity contribution in [1.29, 1.82) is 0 Å². The maximum atomic E-state index is 10.5. The maximum Gasteiger partial charge on any atom is 0.293 e. The minimum Gasteiger partial charge on any atom is -0.465 e. The summed E-state index contributed by atoms with van der Waals surface area (Å²) in [7, 11) is 4.16. The maximum absolute atomic E-state index is 10.5. The summed E-state index contributed by atoms with van der Waals surface area (Å²) in [5, 5.41) is 6.71. The summed E-state index contributed by atoms with van der Waals surface area (Å²) in [6.07, 6.45) is 11.6. The van der Waals surface area contributed by atoms with Crippen molar-refractivity contribution in [3.05, 3.63) is 81.2 Å². The zero-order valence-electron chi connectivity index (χ0n) is 25.4. The van der Waals surface area contributed by atoms with Gasteiger partial charge in [0.25, 0.3) is 6.47 Å². The summed E-state index contributed by atoms with van der Waals surface area (Å²) in [4.78, 5) is 29.0. The number of rotatable bonds is 5. The van der Waals surface area contributed by atoms with Crippen LogP contribution in [-0.2, 0) is 16.0 Å². The number of ether oxygens (including phenoxy) is 1. The zero-order chi connectivity index (χ0) is 30.4. The molecule has 1 atom stereocenters. The molecule has 0 bridgehead atoms. The molecular formula is C31H45ClN6O3. The second-order valence-corrected chi connectivity index (χ2v) is 10.5. The van der Waals surface area contributed by atoms with E-state index in [-0.39, 0.29) is 11.6 Å². The Morgan fingerprint density at radius 3 is 2.49 bits per heavy atom. The number of aliphatic imine (C=N–C) groups is 1. The Morgan fingerprint density at radius 1 is 1.22 bits per heavy atom. The van der Waals surface area contributed by atoms with Crippen molar-refractivity contribution in [3.63, 3.8) is 0 Å². The lowest BCUT2D eigenvalue weighted by molar-refractivity contribution is -0.131. The van der Waals surface area contributed by atoms with Gasteiger partial charge < -0.3 is 19.9 Å². The number of fused-ring (bicyclic) bond motifs is 2. The summed E-state index contributed by atoms with van der Waals surface area (Å²) >= 11 is 6.32. The van der Waals surface area contributed by atoms with Gasteiger partial charge in [-0.2, -0.15) is 0 Å². The number of nitrogens with one attached hydrogen (secondary N) is 2. The predicted octanol–water partition coefficient (Wildman–Crippen LogP) is 5.50. The topological polar surface area (TPSA) is 98.4 Å². The van der Waals surface area contributed by atoms with Gasteiger partial charge in [0, 0.05) is 57.1 Å². The van der Waals surface area contributed by atoms with Gasteiger partial charge in [-0.05, 0) is 74.7 Å². The third-order valence-electron chi connectivity index (χ3n) is 7.09. The molecule has 2 N–H and O–H groups in total. The van der Waals surface area contributed by atoms with Crippen LogP contribution in [0, 0.1) is 4.91 Å². The first-order chi connectivity index (χ1) is 19.7. The van der Waals surface area contributed by atoms with E-state index < -0.39 is 0 Å². The van der Waals surface area contributed by atoms with E-state index in [1.54, 1.807) is 20.0 Å². The van der Waals surface area contributed by atoms with Gasteiger partial charge in [-0.3, -0.25) is 9.79 Å². The Hall–Kier alpha value is -3.27. The van der Waals surface area contributed by atoms with Gasteiger partial charge in [-0.25, -0.2) is 5.43 Å². The zero-order valence-corrected chi connectivity index (χ0v) is 26.2. The minimum absolute atomic E-state index is 0.0301. The van der Waals surface area contributed by atoms with E-state index in [9.17, 15) is 9.70 Å². The Balaban J connectivity index is 0.000000323. The van der Waals surface area contributed by atoms with Gasteiger partial charge in [-0.15, -0.1) is 4.91 Å². The number of piperazine rings is 1. The molecule has 4 aliphatic rings. The summed E-state index contributed by atoms with van der Waals surface area (Å²) in [5.41, 5.74) is 8.75. The van der Waals surface area contributed by atoms with Crippen molar-refractivity contribution in [1.82, 2.24) is 20.5 Å². The molecule has 0 amide bonds. The van der Waals surface area contributed by atoms with Crippen LogP contribution in [0.25, 0.3) is 5.57 Å². The second-order valence-electron chi connectivity index (χ2n) is 10.1. The SMILES string of the molecule is CC.CC(C)OC=O.CN1C(=CNN=O)C1(C)C1=CC2=CCC=CN=C2Cc2ccc(Cl)cc21.CN1CCNCC1. The molecular weight excluding hydrogens is 540 g/mol. The van der Waals surface area contributed by atoms with Gasteiger partial charge in [0.1, 0.15) is 5.54 Å². The van der Waals surface area contributed by atoms with Crippen molar-refractivity contribution < 1.29 is 9.53 Å². The molecule has 1 aromatic carbocycles. The molecule has 3 heterocycles. The van der Waals surface area contributed by atoms with E-state index in [4.69, 9.17) is 11.6 Å². The summed E-state index contributed by atoms with van der Waals surface area (Å²) in [6.45, 7) is 14.9. The quantitative estimate of drug-likeness (QED) is 0.204. The van der Waals surface area contributed by atoms with Crippen LogP contribution in [-0.4, -0.2) is 73.9 Å². The number of benzene rings is 1. The number of allylic oxidation sites excluding steroid dienone is 4. The van der Waals surface area contributed by atoms with E-state index in [0.29, 0.717) is 11.5 Å². The van der Waals surface area contributed by atoms with Crippen LogP contribution in [0.4, 0.5) is 0 Å². The first-order valence-corrected chi connectivity index (χ1v) is 14.5. The largest absolute Gasteiger partial charge is 0.465 e. The third kappa shape index (κ3) is 9.38. The van der Waals surface area contributed by atoms with Crippen molar-refractivity contribution in [2.45, 2.75) is 59.1 Å². The number of hydrogen-bond donors (Lipinski definition) is 2. The Labute approximate surface area is 250 Å². The molecule has 0 radical (unpaired) electrons. The molecule has 1 aromatic rings. The van der Waals surface area contributed by atoms with Gasteiger partial charge in [-0.1, -0.05) is 43.7 Å². The number of halogens is 1. The standard InChI is InChI=1S/C20H19ClN4O.C5H12N2.C4H8O2.C2H6/c1-20(19(25(20)2)12-23-24-26)17-9-14-5-3-4-8-22-18(14)10-13-6-7-15(21)11-16(13)17;1-7-4-2-6-3-5-7;1-4(2)6-3-5;1-2/h4-9,11-12H,3,10H2,1-2H3,(H,23,26);6H,2-5H2,1H3;3-4H,1-2H3;1-2H3. The van der Waals surface area contributed by atoms with Crippen LogP contribution in [0.15, 0.2) is 70.4 Å². The summed E-state index contributed by atoms with van der Waals surface area (Å²) < 4.78 is 4.36. The number of likely N-dealkylation sites (N-methyl/N-ethyl adjacent to an activating group) is 2. The highest BCUT2D eigenvalue weighted by Gasteiger charge is 2.54. The van der Waals surface area contributed by atoms with Gasteiger partial charge >= 0.3 is 0 Å². The van der Waals surface area contributed by atoms with E-state index >= 15 is 0 Å². The number of carbonyl (C=O) groups is 1. The fourth-order valence-electron chi connectivity index (χ4n) is 4.68. The monoisotopic (exact) mass is 584 g/mol. The predicted molar refractivity (Wildman–Crippen MR) is 170 cm³/mol. The van der Waals surface area contributed by atoms with E-state index in [1.165, 1.54) is 18.7 Å². The molecule has 41 heavy (non-hydrogen) atoms. The fraction of sp³-hybridized carbons (Fsp3) is 0.484. The minimum atomic E-state index is -0.326. The Morgan fingerprint density at radius 2 is 1.93 bits per heavy atom. The fourth-order valence-corrected chi connectivity index (χ4v) is 4.85. The van der Waals surface area contributed by atoms with Crippen LogP contribution < -0.4 is 10.7 Å². The average Bonchev–Trinajstić information content (AvgIpc) is 3.61. The first-order valence-electron chi connectivity index (χ1n) is 14.2. The van der Waals surface area contributed by atoms with E-state index in [2.05, 4.69) is 73.8 Å². The molecule has 2 saturated heterocycles. The van der Waals surface area contributed by atoms with Gasteiger partial charge in [0.05, 0.1) is 22.8 Å². The van der Waals surface area contributed by atoms with Crippen LogP contribution in [0.1, 0.15) is 52.2 Å². The lowest BCUT2D eigenvalue weighted by Crippen LogP contribution is -2.40. The van der Waals surface area contributed by atoms with E-state index in [1.807, 2.05) is 39.2 Å². The molecule has 5 rings (SSSR count). The molecule has 1 unspecified atom stereocenters. The van der Waals surface area contributed by atoms with Crippen LogP contribution >= 0.6 is 11.6 Å². The van der Waals surface area contributed by atoms with Crippen molar-refractivity contribution in [2.24, 2.45) is 10.3 Å². The molecule has 9 nitrogen and oxygen atoms in total. The molecule has 3 aliphatic heterocycles. The number of carbonyl (C=O) groups excluding carboxylic acids is 1. The third-order valence-corrected chi connectivity index (χ3v) is 7.33. The summed E-state index contributed by atoms with van der Waals surface area (Å²) in [6, 6.07) is 6.02. The lowest BCUT2D eigenvalue weighted by atomic mass is 9.89. The Bertz CT molecular complexity index is 1180. The normalized spacial score (nSPS) is 21.7. The number of nitrogens with zero attached hydrogens (tertiary/aromatic N) is 4. The number of hydrogen-bond acceptors (Lipinski definition) is 8. The second kappa shape index (κ2) is 16.9. The van der Waals surface area contributed by atoms with E-state index in [0.717, 1.165) is 54.0 Å². The average molecular weight is 585 g/mol. The highest BCUT2D eigenvalue weighted by atomic mass is 35.5. The molecule has 1 aliphatic carbocycles. The molecule has 224 valence electrons. The van der Waals surface area contributed by atoms with Crippen molar-refractivity contribution >= 4 is 29.4 Å². The molecule has 0 aromatic heterocycles. The molecule has 10 heteroatoms. The van der Waals surface area contributed by atoms with Crippen LogP contribution in [0.2, 0.25) is 5.02 Å². The molecule has 2 fully saturated rings. The highest BCUT2D eigenvalue weighted by molar-refractivity contribution is 6.30. The first kappa shape index (κ1) is 33.9. The van der Waals surface area contributed by atoms with Crippen molar-refractivity contribution in [2.75, 3.05) is 40.3 Å². The highest BCUT2D eigenvalue weighted by Crippen LogP contribution is 2.54. The van der Waals surface area contributed by atoms with Crippen LogP contribution in [0.3, 0.4) is 0 Å². The lowest BCUT2D eigenvalue weighted by Gasteiger charge is -2.21.